The van der Waals surface area contributed by atoms with Crippen molar-refractivity contribution in [1.29, 1.82) is 0 Å². The minimum Gasteiger partial charge on any atom is -0.397 e. The molecule has 0 radical (unpaired) electrons. The molecule has 0 spiro atoms. The lowest BCUT2D eigenvalue weighted by molar-refractivity contribution is 0.633. The first-order chi connectivity index (χ1) is 10.1. The van der Waals surface area contributed by atoms with Crippen molar-refractivity contribution in [2.75, 3.05) is 41.7 Å². The lowest BCUT2D eigenvalue weighted by Gasteiger charge is -2.35. The Labute approximate surface area is 124 Å². The number of aryl methyl sites for hydroxylation is 2. The first-order valence-electron chi connectivity index (χ1n) is 7.15. The summed E-state index contributed by atoms with van der Waals surface area (Å²) in [5.41, 5.74) is 8.40. The summed E-state index contributed by atoms with van der Waals surface area (Å²) in [7, 11) is 0. The van der Waals surface area contributed by atoms with Crippen LogP contribution in [0.2, 0.25) is 0 Å². The van der Waals surface area contributed by atoms with Crippen LogP contribution in [-0.2, 0) is 0 Å². The summed E-state index contributed by atoms with van der Waals surface area (Å²) in [6.07, 6.45) is 1.70. The van der Waals surface area contributed by atoms with Crippen LogP contribution in [0.5, 0.6) is 0 Å². The van der Waals surface area contributed by atoms with E-state index >= 15 is 0 Å². The van der Waals surface area contributed by atoms with Crippen molar-refractivity contribution < 1.29 is 0 Å². The highest BCUT2D eigenvalue weighted by atomic mass is 15.3. The topological polar surface area (TPSA) is 71.2 Å². The number of rotatable bonds is 2. The molecule has 2 aromatic rings. The molecule has 2 aromatic heterocycles. The van der Waals surface area contributed by atoms with E-state index in [-0.39, 0.29) is 0 Å². The number of nitrogens with two attached hydrogens (primary N) is 1. The Bertz CT molecular complexity index is 596. The molecule has 0 aromatic carbocycles. The zero-order valence-electron chi connectivity index (χ0n) is 12.5. The van der Waals surface area contributed by atoms with Gasteiger partial charge in [0.05, 0.1) is 11.9 Å². The minimum absolute atomic E-state index is 0.695. The summed E-state index contributed by atoms with van der Waals surface area (Å²) in [5, 5.41) is 0. The van der Waals surface area contributed by atoms with Gasteiger partial charge in [-0.25, -0.2) is 15.0 Å². The number of piperazine rings is 1. The maximum absolute atomic E-state index is 5.68. The lowest BCUT2D eigenvalue weighted by Crippen LogP contribution is -2.47. The van der Waals surface area contributed by atoms with Crippen LogP contribution >= 0.6 is 0 Å². The second-order valence-corrected chi connectivity index (χ2v) is 5.37. The maximum atomic E-state index is 5.68. The van der Waals surface area contributed by atoms with Crippen molar-refractivity contribution in [3.05, 3.63) is 35.8 Å². The van der Waals surface area contributed by atoms with Crippen molar-refractivity contribution in [2.45, 2.75) is 13.8 Å². The fraction of sp³-hybridized carbons (Fsp3) is 0.400. The minimum atomic E-state index is 0.695. The normalized spacial score (nSPS) is 15.3. The molecule has 110 valence electrons. The van der Waals surface area contributed by atoms with Crippen molar-refractivity contribution >= 4 is 17.5 Å². The number of pyridine rings is 1. The fourth-order valence-electron chi connectivity index (χ4n) is 2.57. The van der Waals surface area contributed by atoms with E-state index in [2.05, 4.69) is 24.8 Å². The molecule has 0 bridgehead atoms. The molecule has 3 heterocycles. The Kier molecular flexibility index (Phi) is 3.60. The second kappa shape index (κ2) is 5.55. The van der Waals surface area contributed by atoms with E-state index in [1.54, 1.807) is 6.20 Å². The summed E-state index contributed by atoms with van der Waals surface area (Å²) in [5.74, 6) is 1.81. The highest BCUT2D eigenvalue weighted by Crippen LogP contribution is 2.17. The standard InChI is InChI=1S/C15H20N6/c1-11-9-12(2)19-15(18-11)21-7-5-20(6-8-21)14-4-3-13(16)10-17-14/h3-4,9-10H,5-8,16H2,1-2H3. The first-order valence-corrected chi connectivity index (χ1v) is 7.15. The third kappa shape index (κ3) is 3.04. The summed E-state index contributed by atoms with van der Waals surface area (Å²) >= 11 is 0. The van der Waals surface area contributed by atoms with Gasteiger partial charge >= 0.3 is 0 Å². The quantitative estimate of drug-likeness (QED) is 0.898. The Morgan fingerprint density at radius 3 is 2.14 bits per heavy atom. The number of anilines is 3. The van der Waals surface area contributed by atoms with Crippen LogP contribution in [0.1, 0.15) is 11.4 Å². The number of nitrogens with zero attached hydrogens (tertiary/aromatic N) is 5. The van der Waals surface area contributed by atoms with E-state index in [0.717, 1.165) is 49.3 Å². The van der Waals surface area contributed by atoms with Gasteiger partial charge in [-0.3, -0.25) is 0 Å². The molecular weight excluding hydrogens is 264 g/mol. The largest absolute Gasteiger partial charge is 0.397 e. The number of nitrogen functional groups attached to an aromatic ring is 1. The SMILES string of the molecule is Cc1cc(C)nc(N2CCN(c3ccc(N)cn3)CC2)n1. The molecule has 0 saturated carbocycles. The van der Waals surface area contributed by atoms with E-state index in [1.807, 2.05) is 32.0 Å². The molecule has 1 aliphatic heterocycles. The zero-order chi connectivity index (χ0) is 14.8. The van der Waals surface area contributed by atoms with Gasteiger partial charge in [0.25, 0.3) is 0 Å². The Morgan fingerprint density at radius 1 is 0.952 bits per heavy atom. The van der Waals surface area contributed by atoms with E-state index < -0.39 is 0 Å². The van der Waals surface area contributed by atoms with Gasteiger partial charge in [-0.05, 0) is 32.0 Å². The molecule has 2 N–H and O–H groups in total. The van der Waals surface area contributed by atoms with Gasteiger partial charge in [-0.2, -0.15) is 0 Å². The summed E-state index contributed by atoms with van der Waals surface area (Å²) in [6, 6.07) is 5.86. The molecule has 0 atom stereocenters. The summed E-state index contributed by atoms with van der Waals surface area (Å²) < 4.78 is 0. The van der Waals surface area contributed by atoms with Crippen LogP contribution in [-0.4, -0.2) is 41.1 Å². The molecule has 6 nitrogen and oxygen atoms in total. The summed E-state index contributed by atoms with van der Waals surface area (Å²) in [6.45, 7) is 7.63. The third-order valence-corrected chi connectivity index (χ3v) is 3.63. The monoisotopic (exact) mass is 284 g/mol. The molecule has 0 amide bonds. The van der Waals surface area contributed by atoms with E-state index in [0.29, 0.717) is 5.69 Å². The molecule has 3 rings (SSSR count). The van der Waals surface area contributed by atoms with Gasteiger partial charge in [-0.1, -0.05) is 0 Å². The smallest absolute Gasteiger partial charge is 0.225 e. The fourth-order valence-corrected chi connectivity index (χ4v) is 2.57. The molecule has 0 unspecified atom stereocenters. The van der Waals surface area contributed by atoms with Crippen LogP contribution in [0.15, 0.2) is 24.4 Å². The lowest BCUT2D eigenvalue weighted by atomic mass is 10.3. The van der Waals surface area contributed by atoms with Gasteiger partial charge in [0.2, 0.25) is 5.95 Å². The van der Waals surface area contributed by atoms with Crippen molar-refractivity contribution in [3.8, 4) is 0 Å². The third-order valence-electron chi connectivity index (χ3n) is 3.63. The van der Waals surface area contributed by atoms with Crippen LogP contribution < -0.4 is 15.5 Å². The van der Waals surface area contributed by atoms with Crippen molar-refractivity contribution in [3.63, 3.8) is 0 Å². The highest BCUT2D eigenvalue weighted by molar-refractivity contribution is 5.47. The van der Waals surface area contributed by atoms with Crippen LogP contribution in [0.4, 0.5) is 17.5 Å². The van der Waals surface area contributed by atoms with Gasteiger partial charge in [0.15, 0.2) is 0 Å². The Hall–Kier alpha value is -2.37. The van der Waals surface area contributed by atoms with E-state index in [9.17, 15) is 0 Å². The van der Waals surface area contributed by atoms with E-state index in [1.165, 1.54) is 0 Å². The average molecular weight is 284 g/mol. The molecule has 1 saturated heterocycles. The molecule has 0 aliphatic carbocycles. The van der Waals surface area contributed by atoms with Gasteiger partial charge in [-0.15, -0.1) is 0 Å². The van der Waals surface area contributed by atoms with Crippen molar-refractivity contribution in [2.24, 2.45) is 0 Å². The number of aromatic nitrogens is 3. The molecule has 6 heteroatoms. The Morgan fingerprint density at radius 2 is 1.57 bits per heavy atom. The van der Waals surface area contributed by atoms with Gasteiger partial charge in [0, 0.05) is 37.6 Å². The van der Waals surface area contributed by atoms with Gasteiger partial charge < -0.3 is 15.5 Å². The molecule has 21 heavy (non-hydrogen) atoms. The zero-order valence-corrected chi connectivity index (χ0v) is 12.5. The first kappa shape index (κ1) is 13.6. The predicted octanol–water partition coefficient (Wildman–Crippen LogP) is 1.40. The van der Waals surface area contributed by atoms with Crippen LogP contribution in [0, 0.1) is 13.8 Å². The van der Waals surface area contributed by atoms with Crippen LogP contribution in [0.3, 0.4) is 0 Å². The molecule has 1 fully saturated rings. The highest BCUT2D eigenvalue weighted by Gasteiger charge is 2.20. The maximum Gasteiger partial charge on any atom is 0.225 e. The second-order valence-electron chi connectivity index (χ2n) is 5.37. The number of hydrogen-bond donors (Lipinski definition) is 1. The molecule has 1 aliphatic rings. The molecular formula is C15H20N6. The Balaban J connectivity index is 1.68. The van der Waals surface area contributed by atoms with E-state index in [4.69, 9.17) is 5.73 Å². The predicted molar refractivity (Wildman–Crippen MR) is 84.6 cm³/mol. The van der Waals surface area contributed by atoms with Crippen molar-refractivity contribution in [1.82, 2.24) is 15.0 Å². The number of hydrogen-bond acceptors (Lipinski definition) is 6. The summed E-state index contributed by atoms with van der Waals surface area (Å²) in [4.78, 5) is 17.9. The van der Waals surface area contributed by atoms with Gasteiger partial charge in [0.1, 0.15) is 5.82 Å². The van der Waals surface area contributed by atoms with Crippen LogP contribution in [0.25, 0.3) is 0 Å². The average Bonchev–Trinajstić information content (AvgIpc) is 2.47.